The summed E-state index contributed by atoms with van der Waals surface area (Å²) in [6.07, 6.45) is 0. The fourth-order valence-corrected chi connectivity index (χ4v) is 1.77. The second kappa shape index (κ2) is 3.81. The minimum atomic E-state index is -0.262. The molecule has 4 heteroatoms. The van der Waals surface area contributed by atoms with Crippen LogP contribution in [0.15, 0.2) is 35.7 Å². The maximum absolute atomic E-state index is 12.0. The highest BCUT2D eigenvalue weighted by Gasteiger charge is 2.32. The van der Waals surface area contributed by atoms with E-state index in [4.69, 9.17) is 4.74 Å². The van der Waals surface area contributed by atoms with E-state index in [-0.39, 0.29) is 23.0 Å². The second-order valence-corrected chi connectivity index (χ2v) is 3.36. The van der Waals surface area contributed by atoms with Crippen LogP contribution in [-0.2, 0) is 4.74 Å². The van der Waals surface area contributed by atoms with E-state index in [2.05, 4.69) is 5.32 Å². The van der Waals surface area contributed by atoms with Gasteiger partial charge in [0.2, 0.25) is 11.6 Å². The zero-order valence-electron chi connectivity index (χ0n) is 9.03. The van der Waals surface area contributed by atoms with E-state index in [1.165, 1.54) is 7.11 Å². The number of carbonyl (C=O) groups is 2. The SMILES string of the molecule is CNC1=C(OC)C(=O)c2ccccc2C1=O. The zero-order valence-corrected chi connectivity index (χ0v) is 9.03. The van der Waals surface area contributed by atoms with Gasteiger partial charge < -0.3 is 10.1 Å². The lowest BCUT2D eigenvalue weighted by molar-refractivity contribution is 0.0900. The highest BCUT2D eigenvalue weighted by Crippen LogP contribution is 2.24. The average molecular weight is 217 g/mol. The van der Waals surface area contributed by atoms with Crippen molar-refractivity contribution in [3.05, 3.63) is 46.8 Å². The molecule has 0 spiro atoms. The van der Waals surface area contributed by atoms with E-state index in [1.807, 2.05) is 0 Å². The Morgan fingerprint density at radius 3 is 2.12 bits per heavy atom. The summed E-state index contributed by atoms with van der Waals surface area (Å²) in [5, 5.41) is 2.71. The molecule has 1 aliphatic rings. The molecule has 0 aliphatic heterocycles. The third kappa shape index (κ3) is 1.31. The number of benzene rings is 1. The van der Waals surface area contributed by atoms with Gasteiger partial charge in [-0.15, -0.1) is 0 Å². The van der Waals surface area contributed by atoms with E-state index < -0.39 is 0 Å². The minimum Gasteiger partial charge on any atom is -0.491 e. The van der Waals surface area contributed by atoms with Gasteiger partial charge in [0.25, 0.3) is 0 Å². The molecule has 2 rings (SSSR count). The van der Waals surface area contributed by atoms with Gasteiger partial charge >= 0.3 is 0 Å². The van der Waals surface area contributed by atoms with Crippen molar-refractivity contribution >= 4 is 11.6 Å². The first-order chi connectivity index (χ1) is 7.70. The van der Waals surface area contributed by atoms with Crippen LogP contribution in [0.2, 0.25) is 0 Å². The third-order valence-electron chi connectivity index (χ3n) is 2.53. The van der Waals surface area contributed by atoms with Gasteiger partial charge in [0.15, 0.2) is 5.76 Å². The minimum absolute atomic E-state index is 0.0752. The molecule has 0 atom stereocenters. The number of allylic oxidation sites excluding steroid dienone is 2. The number of rotatable bonds is 2. The molecule has 0 heterocycles. The van der Waals surface area contributed by atoms with Crippen molar-refractivity contribution < 1.29 is 14.3 Å². The zero-order chi connectivity index (χ0) is 11.7. The molecular formula is C12H11NO3. The molecule has 0 amide bonds. The monoisotopic (exact) mass is 217 g/mol. The lowest BCUT2D eigenvalue weighted by Crippen LogP contribution is -2.29. The number of fused-ring (bicyclic) bond motifs is 1. The van der Waals surface area contributed by atoms with Crippen LogP contribution in [0, 0.1) is 0 Å². The van der Waals surface area contributed by atoms with Crippen LogP contribution in [0.4, 0.5) is 0 Å². The van der Waals surface area contributed by atoms with Crippen molar-refractivity contribution in [1.29, 1.82) is 0 Å². The van der Waals surface area contributed by atoms with Crippen molar-refractivity contribution in [1.82, 2.24) is 5.32 Å². The summed E-state index contributed by atoms with van der Waals surface area (Å²) in [4.78, 5) is 24.0. The molecule has 0 aromatic heterocycles. The Balaban J connectivity index is 2.67. The Hall–Kier alpha value is -2.10. The van der Waals surface area contributed by atoms with Crippen molar-refractivity contribution in [2.75, 3.05) is 14.2 Å². The summed E-state index contributed by atoms with van der Waals surface area (Å²) in [5.41, 5.74) is 1.02. The maximum atomic E-state index is 12.0. The first-order valence-corrected chi connectivity index (χ1v) is 4.85. The van der Waals surface area contributed by atoms with Crippen LogP contribution >= 0.6 is 0 Å². The van der Waals surface area contributed by atoms with Gasteiger partial charge in [-0.25, -0.2) is 0 Å². The summed E-state index contributed by atoms with van der Waals surface area (Å²) in [6, 6.07) is 6.72. The molecule has 0 saturated carbocycles. The molecule has 16 heavy (non-hydrogen) atoms. The standard InChI is InChI=1S/C12H11NO3/c1-13-9-10(14)7-5-3-4-6-8(7)11(15)12(9)16-2/h3-6,13H,1-2H3. The van der Waals surface area contributed by atoms with Gasteiger partial charge in [-0.1, -0.05) is 24.3 Å². The molecule has 1 N–H and O–H groups in total. The smallest absolute Gasteiger partial charge is 0.230 e. The average Bonchev–Trinajstić information content (AvgIpc) is 2.33. The van der Waals surface area contributed by atoms with Gasteiger partial charge in [0, 0.05) is 18.2 Å². The topological polar surface area (TPSA) is 55.4 Å². The molecule has 0 bridgehead atoms. The number of Topliss-reactive ketones (excluding diaryl/α,β-unsaturated/α-hetero) is 2. The Morgan fingerprint density at radius 2 is 1.62 bits per heavy atom. The van der Waals surface area contributed by atoms with E-state index in [1.54, 1.807) is 31.3 Å². The van der Waals surface area contributed by atoms with Crippen LogP contribution in [0.5, 0.6) is 0 Å². The van der Waals surface area contributed by atoms with Crippen LogP contribution < -0.4 is 5.32 Å². The molecule has 82 valence electrons. The number of carbonyl (C=O) groups excluding carboxylic acids is 2. The lowest BCUT2D eigenvalue weighted by Gasteiger charge is -2.19. The van der Waals surface area contributed by atoms with Gasteiger partial charge in [-0.2, -0.15) is 0 Å². The third-order valence-corrected chi connectivity index (χ3v) is 2.53. The van der Waals surface area contributed by atoms with Crippen molar-refractivity contribution in [3.63, 3.8) is 0 Å². The summed E-state index contributed by atoms with van der Waals surface area (Å²) in [5.74, 6) is -0.400. The Bertz CT molecular complexity index is 458. The predicted octanol–water partition coefficient (Wildman–Crippen LogP) is 1.14. The summed E-state index contributed by atoms with van der Waals surface area (Å²) >= 11 is 0. The molecule has 0 unspecified atom stereocenters. The number of ketones is 2. The summed E-state index contributed by atoms with van der Waals surface area (Å²) in [7, 11) is 2.97. The summed E-state index contributed by atoms with van der Waals surface area (Å²) in [6.45, 7) is 0. The van der Waals surface area contributed by atoms with Gasteiger partial charge in [0.05, 0.1) is 7.11 Å². The molecule has 1 aliphatic carbocycles. The van der Waals surface area contributed by atoms with Crippen molar-refractivity contribution in [2.24, 2.45) is 0 Å². The van der Waals surface area contributed by atoms with E-state index in [0.717, 1.165) is 0 Å². The maximum Gasteiger partial charge on any atom is 0.230 e. The number of nitrogens with one attached hydrogen (secondary N) is 1. The first-order valence-electron chi connectivity index (χ1n) is 4.85. The largest absolute Gasteiger partial charge is 0.491 e. The van der Waals surface area contributed by atoms with Crippen molar-refractivity contribution in [2.45, 2.75) is 0 Å². The van der Waals surface area contributed by atoms with E-state index >= 15 is 0 Å². The lowest BCUT2D eigenvalue weighted by atomic mass is 9.91. The molecule has 1 aromatic carbocycles. The van der Waals surface area contributed by atoms with E-state index in [0.29, 0.717) is 11.1 Å². The highest BCUT2D eigenvalue weighted by molar-refractivity contribution is 6.25. The predicted molar refractivity (Wildman–Crippen MR) is 58.2 cm³/mol. The van der Waals surface area contributed by atoms with Crippen LogP contribution in [-0.4, -0.2) is 25.7 Å². The highest BCUT2D eigenvalue weighted by atomic mass is 16.5. The Morgan fingerprint density at radius 1 is 1.06 bits per heavy atom. The number of ether oxygens (including phenoxy) is 1. The van der Waals surface area contributed by atoms with E-state index in [9.17, 15) is 9.59 Å². The number of likely N-dealkylation sites (N-methyl/N-ethyl adjacent to an activating group) is 1. The van der Waals surface area contributed by atoms with Crippen molar-refractivity contribution in [3.8, 4) is 0 Å². The van der Waals surface area contributed by atoms with Gasteiger partial charge in [-0.3, -0.25) is 9.59 Å². The van der Waals surface area contributed by atoms with Gasteiger partial charge in [-0.05, 0) is 0 Å². The van der Waals surface area contributed by atoms with Crippen LogP contribution in [0.1, 0.15) is 20.7 Å². The first kappa shape index (κ1) is 10.4. The molecular weight excluding hydrogens is 206 g/mol. The Labute approximate surface area is 92.9 Å². The quantitative estimate of drug-likeness (QED) is 0.807. The van der Waals surface area contributed by atoms with Crippen LogP contribution in [0.3, 0.4) is 0 Å². The fraction of sp³-hybridized carbons (Fsp3) is 0.167. The van der Waals surface area contributed by atoms with Gasteiger partial charge in [0.1, 0.15) is 5.70 Å². The Kier molecular flexibility index (Phi) is 2.48. The summed E-state index contributed by atoms with van der Waals surface area (Å²) < 4.78 is 4.98. The number of hydrogen-bond acceptors (Lipinski definition) is 4. The normalized spacial score (nSPS) is 14.9. The molecule has 0 saturated heterocycles. The fourth-order valence-electron chi connectivity index (χ4n) is 1.77. The molecule has 0 radical (unpaired) electrons. The molecule has 4 nitrogen and oxygen atoms in total. The van der Waals surface area contributed by atoms with Crippen LogP contribution in [0.25, 0.3) is 0 Å². The number of hydrogen-bond donors (Lipinski definition) is 1. The number of methoxy groups -OCH3 is 1. The molecule has 0 fully saturated rings. The second-order valence-electron chi connectivity index (χ2n) is 3.36. The molecule has 1 aromatic rings.